The van der Waals surface area contributed by atoms with E-state index in [1.807, 2.05) is 33.8 Å². The number of furan rings is 1. The normalized spacial score (nSPS) is 12.6. The molecule has 2 N–H and O–H groups in total. The van der Waals surface area contributed by atoms with Gasteiger partial charge in [0.1, 0.15) is 17.2 Å². The fraction of sp³-hybridized carbons (Fsp3) is 0.409. The minimum Gasteiger partial charge on any atom is -0.480 e. The van der Waals surface area contributed by atoms with E-state index in [1.54, 1.807) is 13.2 Å². The van der Waals surface area contributed by atoms with Crippen LogP contribution in [0.5, 0.6) is 0 Å². The van der Waals surface area contributed by atoms with Crippen LogP contribution in [-0.2, 0) is 16.0 Å². The SMILES string of the molecule is Cc1coc2c(C)c3oc(=O)c(CC(=O)N[C@@H](CC(C)C)C(=O)O)c(C)c3cc12. The van der Waals surface area contributed by atoms with Crippen molar-refractivity contribution in [3.05, 3.63) is 45.0 Å². The van der Waals surface area contributed by atoms with Gasteiger partial charge in [-0.3, -0.25) is 4.79 Å². The van der Waals surface area contributed by atoms with Gasteiger partial charge in [-0.25, -0.2) is 9.59 Å². The predicted molar refractivity (Wildman–Crippen MR) is 109 cm³/mol. The Bertz CT molecular complexity index is 1170. The third-order valence-corrected chi connectivity index (χ3v) is 5.21. The maximum absolute atomic E-state index is 12.6. The Labute approximate surface area is 167 Å². The van der Waals surface area contributed by atoms with Crippen LogP contribution < -0.4 is 10.9 Å². The number of aliphatic carboxylic acids is 1. The number of carbonyl (C=O) groups excluding carboxylic acids is 1. The van der Waals surface area contributed by atoms with Crippen LogP contribution in [0.3, 0.4) is 0 Å². The van der Waals surface area contributed by atoms with E-state index in [-0.39, 0.29) is 17.9 Å². The number of carbonyl (C=O) groups is 2. The van der Waals surface area contributed by atoms with Crippen LogP contribution in [-0.4, -0.2) is 23.0 Å². The van der Waals surface area contributed by atoms with Crippen molar-refractivity contribution >= 4 is 33.8 Å². The van der Waals surface area contributed by atoms with E-state index in [1.165, 1.54) is 0 Å². The van der Waals surface area contributed by atoms with Crippen LogP contribution in [0, 0.1) is 26.7 Å². The van der Waals surface area contributed by atoms with Crippen molar-refractivity contribution in [2.45, 2.75) is 53.5 Å². The summed E-state index contributed by atoms with van der Waals surface area (Å²) in [6.07, 6.45) is 1.72. The van der Waals surface area contributed by atoms with E-state index in [0.717, 1.165) is 21.9 Å². The number of rotatable bonds is 6. The average molecular weight is 399 g/mol. The summed E-state index contributed by atoms with van der Waals surface area (Å²) in [4.78, 5) is 36.5. The Morgan fingerprint density at radius 1 is 1.10 bits per heavy atom. The molecule has 0 radical (unpaired) electrons. The number of amides is 1. The smallest absolute Gasteiger partial charge is 0.340 e. The number of carboxylic acids is 1. The Hall–Kier alpha value is -3.09. The van der Waals surface area contributed by atoms with Gasteiger partial charge >= 0.3 is 11.6 Å². The van der Waals surface area contributed by atoms with Crippen molar-refractivity contribution < 1.29 is 23.5 Å². The summed E-state index contributed by atoms with van der Waals surface area (Å²) in [5.74, 6) is -1.51. The van der Waals surface area contributed by atoms with Crippen LogP contribution in [0.4, 0.5) is 0 Å². The fourth-order valence-electron chi connectivity index (χ4n) is 3.62. The highest BCUT2D eigenvalue weighted by atomic mass is 16.4. The third-order valence-electron chi connectivity index (χ3n) is 5.21. The molecule has 0 fully saturated rings. The predicted octanol–water partition coefficient (Wildman–Crippen LogP) is 3.62. The number of nitrogens with one attached hydrogen (secondary N) is 1. The van der Waals surface area contributed by atoms with Crippen molar-refractivity contribution in [1.29, 1.82) is 0 Å². The third kappa shape index (κ3) is 3.90. The first kappa shape index (κ1) is 20.6. The van der Waals surface area contributed by atoms with Crippen LogP contribution in [0.15, 0.2) is 26.0 Å². The van der Waals surface area contributed by atoms with Gasteiger partial charge < -0.3 is 19.3 Å². The molecular weight excluding hydrogens is 374 g/mol. The average Bonchev–Trinajstić information content (AvgIpc) is 3.00. The molecule has 1 atom stereocenters. The zero-order valence-electron chi connectivity index (χ0n) is 17.2. The Morgan fingerprint density at radius 2 is 1.79 bits per heavy atom. The number of hydrogen-bond acceptors (Lipinski definition) is 5. The summed E-state index contributed by atoms with van der Waals surface area (Å²) in [5, 5.41) is 13.5. The molecule has 0 aliphatic rings. The first-order valence-electron chi connectivity index (χ1n) is 9.56. The number of hydrogen-bond donors (Lipinski definition) is 2. The van der Waals surface area contributed by atoms with Gasteiger partial charge in [-0.05, 0) is 50.3 Å². The first-order chi connectivity index (χ1) is 13.6. The van der Waals surface area contributed by atoms with E-state index in [4.69, 9.17) is 8.83 Å². The molecule has 2 heterocycles. The minimum atomic E-state index is -1.09. The largest absolute Gasteiger partial charge is 0.480 e. The highest BCUT2D eigenvalue weighted by Crippen LogP contribution is 2.32. The van der Waals surface area contributed by atoms with E-state index in [2.05, 4.69) is 5.32 Å². The van der Waals surface area contributed by atoms with Gasteiger partial charge in [-0.1, -0.05) is 13.8 Å². The minimum absolute atomic E-state index is 0.104. The molecule has 7 nitrogen and oxygen atoms in total. The number of carboxylic acid groups (broad SMARTS) is 1. The second kappa shape index (κ2) is 7.73. The van der Waals surface area contributed by atoms with Gasteiger partial charge in [0.25, 0.3) is 0 Å². The summed E-state index contributed by atoms with van der Waals surface area (Å²) in [6.45, 7) is 9.29. The summed E-state index contributed by atoms with van der Waals surface area (Å²) in [5.41, 5.74) is 3.06. The molecule has 0 bridgehead atoms. The molecule has 0 saturated heterocycles. The van der Waals surface area contributed by atoms with Crippen molar-refractivity contribution in [1.82, 2.24) is 5.32 Å². The molecule has 1 amide bonds. The molecule has 2 aromatic heterocycles. The monoisotopic (exact) mass is 399 g/mol. The second-order valence-corrected chi connectivity index (χ2v) is 7.93. The second-order valence-electron chi connectivity index (χ2n) is 7.93. The molecule has 0 unspecified atom stereocenters. The van der Waals surface area contributed by atoms with Gasteiger partial charge in [0.05, 0.1) is 18.2 Å². The molecule has 0 saturated carbocycles. The number of fused-ring (bicyclic) bond motifs is 2. The molecule has 0 aliphatic carbocycles. The van der Waals surface area contributed by atoms with Crippen LogP contribution in [0.2, 0.25) is 0 Å². The van der Waals surface area contributed by atoms with Gasteiger partial charge in [-0.15, -0.1) is 0 Å². The molecule has 1 aromatic carbocycles. The highest BCUT2D eigenvalue weighted by molar-refractivity contribution is 6.00. The lowest BCUT2D eigenvalue weighted by Crippen LogP contribution is -2.42. The fourth-order valence-corrected chi connectivity index (χ4v) is 3.62. The lowest BCUT2D eigenvalue weighted by molar-refractivity contribution is -0.142. The summed E-state index contributed by atoms with van der Waals surface area (Å²) >= 11 is 0. The van der Waals surface area contributed by atoms with E-state index >= 15 is 0 Å². The van der Waals surface area contributed by atoms with Gasteiger partial charge in [0.15, 0.2) is 0 Å². The topological polar surface area (TPSA) is 110 Å². The lowest BCUT2D eigenvalue weighted by Gasteiger charge is -2.17. The number of aryl methyl sites for hydroxylation is 3. The van der Waals surface area contributed by atoms with Gasteiger partial charge in [-0.2, -0.15) is 0 Å². The van der Waals surface area contributed by atoms with Crippen molar-refractivity contribution in [2.75, 3.05) is 0 Å². The lowest BCUT2D eigenvalue weighted by atomic mass is 9.98. The van der Waals surface area contributed by atoms with Crippen LogP contribution in [0.25, 0.3) is 21.9 Å². The van der Waals surface area contributed by atoms with E-state index < -0.39 is 23.5 Å². The molecule has 3 rings (SSSR count). The number of benzene rings is 1. The molecule has 0 spiro atoms. The van der Waals surface area contributed by atoms with Crippen LogP contribution >= 0.6 is 0 Å². The van der Waals surface area contributed by atoms with Crippen molar-refractivity contribution in [3.63, 3.8) is 0 Å². The molecular formula is C22H25NO6. The Balaban J connectivity index is 2.00. The summed E-state index contributed by atoms with van der Waals surface area (Å²) in [7, 11) is 0. The first-order valence-corrected chi connectivity index (χ1v) is 9.56. The van der Waals surface area contributed by atoms with E-state index in [9.17, 15) is 19.5 Å². The molecule has 0 aliphatic heterocycles. The highest BCUT2D eigenvalue weighted by Gasteiger charge is 2.23. The summed E-state index contributed by atoms with van der Waals surface area (Å²) < 4.78 is 11.1. The van der Waals surface area contributed by atoms with Crippen LogP contribution in [0.1, 0.15) is 42.5 Å². The van der Waals surface area contributed by atoms with E-state index in [0.29, 0.717) is 23.2 Å². The van der Waals surface area contributed by atoms with Crippen molar-refractivity contribution in [3.8, 4) is 0 Å². The Morgan fingerprint density at radius 3 is 2.41 bits per heavy atom. The quantitative estimate of drug-likeness (QED) is 0.613. The molecule has 154 valence electrons. The molecule has 7 heteroatoms. The molecule has 29 heavy (non-hydrogen) atoms. The maximum Gasteiger partial charge on any atom is 0.340 e. The zero-order chi connectivity index (χ0) is 21.5. The standard InChI is InChI=1S/C22H25NO6/c1-10(2)6-17(21(25)26)23-18(24)8-16-12(4)15-7-14-11(3)9-28-19(14)13(5)20(15)29-22(16)27/h7,9-10,17H,6,8H2,1-5H3,(H,23,24)(H,25,26)/t17-/m0/s1. The maximum atomic E-state index is 12.6. The zero-order valence-corrected chi connectivity index (χ0v) is 17.2. The molecule has 3 aromatic rings. The van der Waals surface area contributed by atoms with Gasteiger partial charge in [0, 0.05) is 16.3 Å². The Kier molecular flexibility index (Phi) is 5.50. The van der Waals surface area contributed by atoms with Crippen molar-refractivity contribution in [2.24, 2.45) is 5.92 Å². The summed E-state index contributed by atoms with van der Waals surface area (Å²) in [6, 6.07) is 0.903. The van der Waals surface area contributed by atoms with Gasteiger partial charge in [0.2, 0.25) is 5.91 Å².